The molecule has 18 nitrogen and oxygen atoms in total. The third-order valence-corrected chi connectivity index (χ3v) is 19.7. The van der Waals surface area contributed by atoms with E-state index in [1.54, 1.807) is 47.7 Å². The van der Waals surface area contributed by atoms with Crippen molar-refractivity contribution in [3.05, 3.63) is 41.7 Å². The highest BCUT2D eigenvalue weighted by molar-refractivity contribution is 7.85. The van der Waals surface area contributed by atoms with Crippen molar-refractivity contribution in [3.8, 4) is 0 Å². The van der Waals surface area contributed by atoms with Crippen molar-refractivity contribution in [3.63, 3.8) is 0 Å². The van der Waals surface area contributed by atoms with Crippen LogP contribution in [0.2, 0.25) is 0 Å². The lowest BCUT2D eigenvalue weighted by Crippen LogP contribution is -2.62. The second kappa shape index (κ2) is 26.3. The predicted octanol–water partition coefficient (Wildman–Crippen LogP) is 5.33. The largest absolute Gasteiger partial charge is 0.459 e. The van der Waals surface area contributed by atoms with Crippen LogP contribution in [0, 0.1) is 23.7 Å². The van der Waals surface area contributed by atoms with Crippen LogP contribution in [0.25, 0.3) is 0 Å². The summed E-state index contributed by atoms with van der Waals surface area (Å²) in [6.07, 6.45) is -2.24. The van der Waals surface area contributed by atoms with Crippen LogP contribution in [0.4, 0.5) is 4.39 Å². The van der Waals surface area contributed by atoms with E-state index in [1.165, 1.54) is 25.8 Å². The zero-order chi connectivity index (χ0) is 56.2. The number of benzene rings is 1. The highest BCUT2D eigenvalue weighted by Crippen LogP contribution is 2.45. The summed E-state index contributed by atoms with van der Waals surface area (Å²) in [4.78, 5) is 19.4. The van der Waals surface area contributed by atoms with Crippen LogP contribution in [-0.4, -0.2) is 198 Å². The first kappa shape index (κ1) is 62.6. The van der Waals surface area contributed by atoms with E-state index in [2.05, 4.69) is 10.3 Å². The lowest BCUT2D eigenvalue weighted by atomic mass is 9.68. The summed E-state index contributed by atoms with van der Waals surface area (Å²) in [5.41, 5.74) is -3.19. The number of alkyl halides is 1. The molecule has 3 aliphatic heterocycles. The molecule has 1 aromatic carbocycles. The molecule has 434 valence electrons. The van der Waals surface area contributed by atoms with Crippen molar-refractivity contribution in [2.45, 2.75) is 233 Å². The quantitative estimate of drug-likeness (QED) is 0.134. The van der Waals surface area contributed by atoms with E-state index in [4.69, 9.17) is 28.4 Å². The van der Waals surface area contributed by atoms with Gasteiger partial charge in [-0.25, -0.2) is 9.07 Å². The smallest absolute Gasteiger partial charge is 0.309 e. The Labute approximate surface area is 454 Å². The number of halogens is 1. The SMILES string of the molecule is CC[C@H]1OC(=O)[C@H](C)[C@@H](C2C[C@@](C)(OC)[C@@H](O)[C@H](C)O2)[C@H](C)[C@@H](O[C@@H]2O[C@H](C)C[C@H](N(C)CCc3cn([C@H](CF)[C@H](OC)c4ccc(S(=O)C5CCCC5)cc4)nn3)[C@H]2O)[C@](C)(O)C[C@@H](C)CN(C)[C@H](C)[C@@H](O)[C@]1(C)O. The Bertz CT molecular complexity index is 2170. The number of aliphatic hydroxyl groups is 5. The van der Waals surface area contributed by atoms with E-state index in [9.17, 15) is 38.9 Å². The van der Waals surface area contributed by atoms with Gasteiger partial charge in [0.1, 0.15) is 48.8 Å². The number of esters is 1. The van der Waals surface area contributed by atoms with Gasteiger partial charge in [0.05, 0.1) is 58.0 Å². The molecule has 0 radical (unpaired) electrons. The number of likely N-dealkylation sites (N-methyl/N-ethyl adjacent to an activating group) is 2. The summed E-state index contributed by atoms with van der Waals surface area (Å²) in [5.74, 6) is -3.27. The van der Waals surface area contributed by atoms with Gasteiger partial charge in [-0.05, 0) is 117 Å². The minimum Gasteiger partial charge on any atom is -0.459 e. The molecule has 0 spiro atoms. The Hall–Kier alpha value is -2.57. The number of ether oxygens (including phenoxy) is 6. The van der Waals surface area contributed by atoms with Gasteiger partial charge in [0.25, 0.3) is 0 Å². The van der Waals surface area contributed by atoms with E-state index in [0.717, 1.165) is 36.1 Å². The summed E-state index contributed by atoms with van der Waals surface area (Å²) in [7, 11) is 5.69. The summed E-state index contributed by atoms with van der Waals surface area (Å²) >= 11 is 0. The first-order valence-electron chi connectivity index (χ1n) is 27.8. The fraction of sp³-hybridized carbons (Fsp3) is 0.839. The van der Waals surface area contributed by atoms with E-state index in [-0.39, 0.29) is 30.4 Å². The molecule has 4 aliphatic rings. The predicted molar refractivity (Wildman–Crippen MR) is 285 cm³/mol. The highest BCUT2D eigenvalue weighted by atomic mass is 32.2. The summed E-state index contributed by atoms with van der Waals surface area (Å²) in [5, 5.41) is 69.2. The standard InChI is InChI=1S/C56H94FN5O13S/c1-15-45-56(10,68)49(64)36(6)61(12)30-32(2)27-54(8,67)51(34(4)46(35(5)52(66)74-45)44-28-55(9,71-14)50(65)37(7)73-44)75-53-47(63)42(26-33(3)72-53)60(11)25-24-39-31-62(59-58-39)43(29-57)48(70-13)38-20-22-41(23-21-38)76(69)40-18-16-17-19-40/h20-23,31-37,40,42-51,53,63-65,67-68H,15-19,24-30H2,1-14H3/t32-,33-,34+,35-,36-,37+,42+,43-,44?,45-,46+,47-,48-,49-,50+,51-,53+,54-,55-,56-,76?/m1/s1. The first-order chi connectivity index (χ1) is 35.7. The fourth-order valence-electron chi connectivity index (χ4n) is 13.1. The van der Waals surface area contributed by atoms with Gasteiger partial charge in [0.2, 0.25) is 0 Å². The molecule has 20 heteroatoms. The molecule has 2 unspecified atom stereocenters. The molecule has 3 saturated heterocycles. The molecular formula is C56H94FN5O13S. The average Bonchev–Trinajstić information content (AvgIpc) is 4.10. The maximum Gasteiger partial charge on any atom is 0.309 e. The van der Waals surface area contributed by atoms with Gasteiger partial charge in [0, 0.05) is 74.5 Å². The second-order valence-corrected chi connectivity index (χ2v) is 25.6. The van der Waals surface area contributed by atoms with Crippen molar-refractivity contribution in [2.24, 2.45) is 23.7 Å². The molecule has 1 aliphatic carbocycles. The van der Waals surface area contributed by atoms with Crippen molar-refractivity contribution in [1.29, 1.82) is 0 Å². The lowest BCUT2D eigenvalue weighted by molar-refractivity contribution is -0.302. The number of carbonyl (C=O) groups excluding carboxylic acids is 1. The van der Waals surface area contributed by atoms with Gasteiger partial charge in [-0.2, -0.15) is 0 Å². The number of methoxy groups -OCH3 is 2. The minimum absolute atomic E-state index is 0.162. The zero-order valence-corrected chi connectivity index (χ0v) is 48.6. The van der Waals surface area contributed by atoms with Crippen molar-refractivity contribution in [1.82, 2.24) is 24.8 Å². The molecule has 21 atom stereocenters. The number of hydrogen-bond donors (Lipinski definition) is 5. The van der Waals surface area contributed by atoms with Crippen LogP contribution in [0.3, 0.4) is 0 Å². The zero-order valence-electron chi connectivity index (χ0n) is 47.8. The summed E-state index contributed by atoms with van der Waals surface area (Å²) < 4.78 is 67.7. The molecule has 6 rings (SSSR count). The molecule has 1 saturated carbocycles. The number of cyclic esters (lactones) is 1. The third kappa shape index (κ3) is 13.9. The Morgan fingerprint density at radius 2 is 1.63 bits per heavy atom. The summed E-state index contributed by atoms with van der Waals surface area (Å²) in [6.45, 7) is 17.9. The highest BCUT2D eigenvalue weighted by Gasteiger charge is 2.55. The van der Waals surface area contributed by atoms with Gasteiger partial charge < -0.3 is 63.8 Å². The number of rotatable bonds is 16. The Morgan fingerprint density at radius 3 is 2.24 bits per heavy atom. The Balaban J connectivity index is 1.25. The number of nitrogens with zero attached hydrogens (tertiary/aromatic N) is 5. The number of hydrogen-bond acceptors (Lipinski definition) is 17. The van der Waals surface area contributed by atoms with Gasteiger partial charge in [-0.1, -0.05) is 57.9 Å². The maximum atomic E-state index is 15.0. The number of carbonyl (C=O) groups is 1. The van der Waals surface area contributed by atoms with Gasteiger partial charge in [-0.15, -0.1) is 5.10 Å². The van der Waals surface area contributed by atoms with Gasteiger partial charge in [-0.3, -0.25) is 9.00 Å². The fourth-order valence-corrected chi connectivity index (χ4v) is 14.7. The van der Waals surface area contributed by atoms with E-state index in [1.807, 2.05) is 68.9 Å². The van der Waals surface area contributed by atoms with Crippen LogP contribution in [0.1, 0.15) is 144 Å². The van der Waals surface area contributed by atoms with Crippen molar-refractivity contribution in [2.75, 3.05) is 48.1 Å². The van der Waals surface area contributed by atoms with Gasteiger partial charge >= 0.3 is 5.97 Å². The van der Waals surface area contributed by atoms with Crippen molar-refractivity contribution >= 4 is 16.8 Å². The van der Waals surface area contributed by atoms with E-state index in [0.29, 0.717) is 31.6 Å². The molecule has 4 heterocycles. The summed E-state index contributed by atoms with van der Waals surface area (Å²) in [6, 6.07) is 5.50. The van der Waals surface area contributed by atoms with Crippen molar-refractivity contribution < 1.29 is 67.3 Å². The van der Waals surface area contributed by atoms with E-state index >= 15 is 0 Å². The molecule has 0 bridgehead atoms. The monoisotopic (exact) mass is 1100 g/mol. The molecular weight excluding hydrogens is 1000 g/mol. The molecule has 0 amide bonds. The third-order valence-electron chi connectivity index (χ3n) is 17.9. The minimum atomic E-state index is -1.83. The maximum absolute atomic E-state index is 15.0. The van der Waals surface area contributed by atoms with Crippen LogP contribution in [0.5, 0.6) is 0 Å². The van der Waals surface area contributed by atoms with Crippen LogP contribution < -0.4 is 0 Å². The molecule has 5 N–H and O–H groups in total. The van der Waals surface area contributed by atoms with E-state index < -0.39 is 137 Å². The topological polar surface area (TPSA) is 228 Å². The normalized spacial score (nSPS) is 40.3. The van der Waals surface area contributed by atoms with Gasteiger partial charge in [0.15, 0.2) is 6.29 Å². The Kier molecular flexibility index (Phi) is 21.7. The molecule has 1 aromatic heterocycles. The first-order valence-corrected chi connectivity index (χ1v) is 29.1. The number of aromatic nitrogens is 3. The van der Waals surface area contributed by atoms with Crippen LogP contribution in [-0.2, 0) is 50.4 Å². The number of aliphatic hydroxyl groups excluding tert-OH is 3. The molecule has 76 heavy (non-hydrogen) atoms. The average molecular weight is 1100 g/mol. The van der Waals surface area contributed by atoms with Crippen LogP contribution in [0.15, 0.2) is 35.4 Å². The molecule has 4 fully saturated rings. The Morgan fingerprint density at radius 1 is 0.974 bits per heavy atom. The lowest BCUT2D eigenvalue weighted by Gasteiger charge is -2.51. The van der Waals surface area contributed by atoms with Crippen LogP contribution >= 0.6 is 0 Å². The second-order valence-electron chi connectivity index (χ2n) is 23.9. The molecule has 2 aromatic rings.